The standard InChI is InChI=1S/C8H10BrNO2S/c1-12-8(11)7(10)3-6-2-5(9)4-13-6/h2,4,7H,3,10H2,1H3. The second-order valence-electron chi connectivity index (χ2n) is 2.57. The topological polar surface area (TPSA) is 52.3 Å². The van der Waals surface area contributed by atoms with E-state index >= 15 is 0 Å². The van der Waals surface area contributed by atoms with Crippen molar-refractivity contribution in [2.24, 2.45) is 5.73 Å². The van der Waals surface area contributed by atoms with E-state index in [9.17, 15) is 4.79 Å². The number of esters is 1. The molecule has 0 amide bonds. The summed E-state index contributed by atoms with van der Waals surface area (Å²) >= 11 is 4.90. The van der Waals surface area contributed by atoms with E-state index in [0.717, 1.165) is 9.35 Å². The lowest BCUT2D eigenvalue weighted by Gasteiger charge is -2.06. The molecule has 2 N–H and O–H groups in total. The van der Waals surface area contributed by atoms with Crippen molar-refractivity contribution in [3.63, 3.8) is 0 Å². The van der Waals surface area contributed by atoms with Crippen LogP contribution in [0.1, 0.15) is 4.88 Å². The van der Waals surface area contributed by atoms with Gasteiger partial charge in [-0.3, -0.25) is 4.79 Å². The molecule has 0 aliphatic rings. The van der Waals surface area contributed by atoms with Gasteiger partial charge in [0, 0.05) is 21.2 Å². The van der Waals surface area contributed by atoms with Gasteiger partial charge in [-0.1, -0.05) is 0 Å². The van der Waals surface area contributed by atoms with E-state index in [4.69, 9.17) is 5.73 Å². The van der Waals surface area contributed by atoms with Gasteiger partial charge in [0.05, 0.1) is 7.11 Å². The number of methoxy groups -OCH3 is 1. The maximum atomic E-state index is 11.0. The van der Waals surface area contributed by atoms with E-state index in [1.807, 2.05) is 11.4 Å². The maximum absolute atomic E-state index is 11.0. The Kier molecular flexibility index (Phi) is 3.90. The normalized spacial score (nSPS) is 12.5. The van der Waals surface area contributed by atoms with Crippen LogP contribution in [0.2, 0.25) is 0 Å². The Morgan fingerprint density at radius 1 is 1.85 bits per heavy atom. The number of carbonyl (C=O) groups excluding carboxylic acids is 1. The summed E-state index contributed by atoms with van der Waals surface area (Å²) in [5, 5.41) is 1.96. The molecule has 0 aromatic carbocycles. The number of rotatable bonds is 3. The molecule has 5 heteroatoms. The number of nitrogens with two attached hydrogens (primary N) is 1. The van der Waals surface area contributed by atoms with Crippen LogP contribution in [0.25, 0.3) is 0 Å². The molecule has 72 valence electrons. The lowest BCUT2D eigenvalue weighted by atomic mass is 10.2. The Labute approximate surface area is 89.0 Å². The summed E-state index contributed by atoms with van der Waals surface area (Å²) in [7, 11) is 1.34. The van der Waals surface area contributed by atoms with Crippen molar-refractivity contribution >= 4 is 33.2 Å². The minimum absolute atomic E-state index is 0.371. The summed E-state index contributed by atoms with van der Waals surface area (Å²) in [6.45, 7) is 0. The average Bonchev–Trinajstić information content (AvgIpc) is 2.49. The molecule has 1 heterocycles. The van der Waals surface area contributed by atoms with Gasteiger partial charge in [0.15, 0.2) is 0 Å². The first kappa shape index (κ1) is 10.7. The van der Waals surface area contributed by atoms with E-state index in [2.05, 4.69) is 20.7 Å². The summed E-state index contributed by atoms with van der Waals surface area (Å²) in [6.07, 6.45) is 0.531. The second-order valence-corrected chi connectivity index (χ2v) is 4.48. The largest absolute Gasteiger partial charge is 0.468 e. The van der Waals surface area contributed by atoms with E-state index in [1.54, 1.807) is 11.3 Å². The molecule has 0 saturated carbocycles. The van der Waals surface area contributed by atoms with Crippen LogP contribution in [0.5, 0.6) is 0 Å². The van der Waals surface area contributed by atoms with Crippen molar-refractivity contribution in [2.75, 3.05) is 7.11 Å². The molecule has 0 aliphatic carbocycles. The summed E-state index contributed by atoms with van der Waals surface area (Å²) in [5.74, 6) is -0.371. The van der Waals surface area contributed by atoms with Gasteiger partial charge in [0.25, 0.3) is 0 Å². The van der Waals surface area contributed by atoms with Gasteiger partial charge < -0.3 is 10.5 Å². The van der Waals surface area contributed by atoms with Crippen LogP contribution in [0.3, 0.4) is 0 Å². The Morgan fingerprint density at radius 3 is 3.00 bits per heavy atom. The molecular weight excluding hydrogens is 254 g/mol. The van der Waals surface area contributed by atoms with Crippen molar-refractivity contribution in [3.8, 4) is 0 Å². The number of ether oxygens (including phenoxy) is 1. The van der Waals surface area contributed by atoms with E-state index in [-0.39, 0.29) is 5.97 Å². The molecule has 1 rings (SSSR count). The van der Waals surface area contributed by atoms with E-state index in [0.29, 0.717) is 6.42 Å². The van der Waals surface area contributed by atoms with Crippen molar-refractivity contribution in [3.05, 3.63) is 20.8 Å². The van der Waals surface area contributed by atoms with Gasteiger partial charge in [-0.05, 0) is 22.0 Å². The summed E-state index contributed by atoms with van der Waals surface area (Å²) in [4.78, 5) is 12.0. The van der Waals surface area contributed by atoms with Crippen LogP contribution < -0.4 is 5.73 Å². The average molecular weight is 264 g/mol. The predicted octanol–water partition coefficient (Wildman–Crippen LogP) is 1.55. The van der Waals surface area contributed by atoms with Crippen LogP contribution in [-0.4, -0.2) is 19.1 Å². The molecular formula is C8H10BrNO2S. The van der Waals surface area contributed by atoms with Gasteiger partial charge in [0.1, 0.15) is 6.04 Å². The highest BCUT2D eigenvalue weighted by molar-refractivity contribution is 9.10. The van der Waals surface area contributed by atoms with Crippen LogP contribution >= 0.6 is 27.3 Å². The zero-order valence-electron chi connectivity index (χ0n) is 7.12. The van der Waals surface area contributed by atoms with Crippen molar-refractivity contribution < 1.29 is 9.53 Å². The van der Waals surface area contributed by atoms with Crippen LogP contribution in [0.15, 0.2) is 15.9 Å². The minimum atomic E-state index is -0.560. The lowest BCUT2D eigenvalue weighted by molar-refractivity contribution is -0.142. The van der Waals surface area contributed by atoms with Gasteiger partial charge in [0.2, 0.25) is 0 Å². The SMILES string of the molecule is COC(=O)C(N)Cc1cc(Br)cs1. The fourth-order valence-electron chi connectivity index (χ4n) is 0.912. The fourth-order valence-corrected chi connectivity index (χ4v) is 2.42. The van der Waals surface area contributed by atoms with Crippen LogP contribution in [0.4, 0.5) is 0 Å². The molecule has 1 aromatic heterocycles. The molecule has 3 nitrogen and oxygen atoms in total. The van der Waals surface area contributed by atoms with Crippen molar-refractivity contribution in [1.29, 1.82) is 0 Å². The summed E-state index contributed by atoms with van der Waals surface area (Å²) < 4.78 is 5.54. The number of thiophene rings is 1. The molecule has 1 atom stereocenters. The highest BCUT2D eigenvalue weighted by atomic mass is 79.9. The first-order valence-electron chi connectivity index (χ1n) is 3.70. The van der Waals surface area contributed by atoms with E-state index < -0.39 is 6.04 Å². The molecule has 0 fully saturated rings. The molecule has 0 spiro atoms. The molecule has 0 aliphatic heterocycles. The Balaban J connectivity index is 2.54. The Morgan fingerprint density at radius 2 is 2.54 bits per heavy atom. The molecule has 0 saturated heterocycles. The molecule has 1 aromatic rings. The maximum Gasteiger partial charge on any atom is 0.323 e. The minimum Gasteiger partial charge on any atom is -0.468 e. The van der Waals surface area contributed by atoms with Gasteiger partial charge in [-0.25, -0.2) is 0 Å². The summed E-state index contributed by atoms with van der Waals surface area (Å²) in [5.41, 5.74) is 5.59. The molecule has 13 heavy (non-hydrogen) atoms. The Hall–Kier alpha value is -0.390. The fraction of sp³-hybridized carbons (Fsp3) is 0.375. The zero-order valence-corrected chi connectivity index (χ0v) is 9.52. The quantitative estimate of drug-likeness (QED) is 0.843. The number of carbonyl (C=O) groups is 1. The molecule has 0 radical (unpaired) electrons. The zero-order chi connectivity index (χ0) is 9.84. The number of hydrogen-bond donors (Lipinski definition) is 1. The predicted molar refractivity (Wildman–Crippen MR) is 55.7 cm³/mol. The molecule has 0 bridgehead atoms. The lowest BCUT2D eigenvalue weighted by Crippen LogP contribution is -2.33. The Bertz CT molecular complexity index is 300. The number of halogens is 1. The second kappa shape index (κ2) is 4.74. The highest BCUT2D eigenvalue weighted by Crippen LogP contribution is 2.20. The monoisotopic (exact) mass is 263 g/mol. The van der Waals surface area contributed by atoms with Crippen molar-refractivity contribution in [1.82, 2.24) is 0 Å². The smallest absolute Gasteiger partial charge is 0.323 e. The van der Waals surface area contributed by atoms with Crippen LogP contribution in [-0.2, 0) is 16.0 Å². The molecule has 1 unspecified atom stereocenters. The first-order chi connectivity index (χ1) is 6.13. The third-order valence-corrected chi connectivity index (χ3v) is 3.27. The van der Waals surface area contributed by atoms with Gasteiger partial charge >= 0.3 is 5.97 Å². The van der Waals surface area contributed by atoms with Crippen molar-refractivity contribution in [2.45, 2.75) is 12.5 Å². The third-order valence-electron chi connectivity index (χ3n) is 1.55. The third kappa shape index (κ3) is 3.10. The van der Waals surface area contributed by atoms with Gasteiger partial charge in [-0.2, -0.15) is 0 Å². The van der Waals surface area contributed by atoms with Gasteiger partial charge in [-0.15, -0.1) is 11.3 Å². The highest BCUT2D eigenvalue weighted by Gasteiger charge is 2.14. The summed E-state index contributed by atoms with van der Waals surface area (Å²) in [6, 6.07) is 1.39. The first-order valence-corrected chi connectivity index (χ1v) is 5.37. The number of hydrogen-bond acceptors (Lipinski definition) is 4. The van der Waals surface area contributed by atoms with Crippen LogP contribution in [0, 0.1) is 0 Å². The van der Waals surface area contributed by atoms with E-state index in [1.165, 1.54) is 7.11 Å².